The Morgan fingerprint density at radius 2 is 2.11 bits per heavy atom. The van der Waals surface area contributed by atoms with Gasteiger partial charge in [0, 0.05) is 24.9 Å². The number of anilines is 2. The van der Waals surface area contributed by atoms with Gasteiger partial charge in [0.25, 0.3) is 0 Å². The second-order valence-electron chi connectivity index (χ2n) is 4.62. The smallest absolute Gasteiger partial charge is 0.177 e. The number of carbonyl (C=O) groups is 1. The third-order valence-corrected chi connectivity index (χ3v) is 3.85. The highest BCUT2D eigenvalue weighted by atomic mass is 32.1. The van der Waals surface area contributed by atoms with Crippen molar-refractivity contribution in [2.24, 2.45) is 5.92 Å². The van der Waals surface area contributed by atoms with Gasteiger partial charge >= 0.3 is 0 Å². The fraction of sp³-hybridized carbons (Fsp3) is 0.286. The fourth-order valence-electron chi connectivity index (χ4n) is 1.64. The summed E-state index contributed by atoms with van der Waals surface area (Å²) in [4.78, 5) is 16.6. The Labute approximate surface area is 116 Å². The molecule has 0 fully saturated rings. The first kappa shape index (κ1) is 13.5. The van der Waals surface area contributed by atoms with E-state index >= 15 is 0 Å². The monoisotopic (exact) mass is 275 g/mol. The van der Waals surface area contributed by atoms with Crippen molar-refractivity contribution in [1.82, 2.24) is 4.98 Å². The summed E-state index contributed by atoms with van der Waals surface area (Å²) in [6, 6.07) is 5.72. The first-order valence-electron chi connectivity index (χ1n) is 6.14. The minimum absolute atomic E-state index is 0.0333. The third kappa shape index (κ3) is 3.32. The van der Waals surface area contributed by atoms with Crippen LogP contribution in [-0.4, -0.2) is 10.8 Å². The summed E-state index contributed by atoms with van der Waals surface area (Å²) in [6.45, 7) is 4.45. The first-order chi connectivity index (χ1) is 9.08. The minimum Gasteiger partial charge on any atom is -0.397 e. The lowest BCUT2D eigenvalue weighted by Crippen LogP contribution is -2.07. The van der Waals surface area contributed by atoms with Crippen LogP contribution < -0.4 is 11.1 Å². The molecule has 0 bridgehead atoms. The quantitative estimate of drug-likeness (QED) is 0.822. The van der Waals surface area contributed by atoms with Crippen LogP contribution in [0.3, 0.4) is 0 Å². The number of Topliss-reactive ketones (excluding diaryl/α,β-unsaturated/α-hetero) is 1. The number of hydrogen-bond acceptors (Lipinski definition) is 5. The van der Waals surface area contributed by atoms with Crippen molar-refractivity contribution >= 4 is 27.8 Å². The Hall–Kier alpha value is -1.88. The van der Waals surface area contributed by atoms with E-state index in [4.69, 9.17) is 5.73 Å². The summed E-state index contributed by atoms with van der Waals surface area (Å²) in [5, 5.41) is 4.19. The van der Waals surface area contributed by atoms with Gasteiger partial charge in [-0.15, -0.1) is 11.3 Å². The van der Waals surface area contributed by atoms with Crippen molar-refractivity contribution in [3.63, 3.8) is 0 Å². The normalized spacial score (nSPS) is 10.7. The zero-order valence-electron chi connectivity index (χ0n) is 11.0. The van der Waals surface area contributed by atoms with Crippen LogP contribution in [0.1, 0.15) is 29.1 Å². The Balaban J connectivity index is 2.06. The largest absolute Gasteiger partial charge is 0.397 e. The van der Waals surface area contributed by atoms with Crippen molar-refractivity contribution < 1.29 is 4.79 Å². The lowest BCUT2D eigenvalue weighted by Gasteiger charge is -2.03. The van der Waals surface area contributed by atoms with E-state index in [0.29, 0.717) is 17.1 Å². The van der Waals surface area contributed by atoms with E-state index in [1.807, 2.05) is 32.0 Å². The van der Waals surface area contributed by atoms with Crippen LogP contribution in [0.15, 0.2) is 30.6 Å². The van der Waals surface area contributed by atoms with Gasteiger partial charge in [0.2, 0.25) is 0 Å². The van der Waals surface area contributed by atoms with Crippen molar-refractivity contribution in [2.45, 2.75) is 20.4 Å². The fourth-order valence-corrected chi connectivity index (χ4v) is 2.70. The molecule has 0 spiro atoms. The molecule has 0 saturated heterocycles. The number of nitrogens with zero attached hydrogens (tertiary/aromatic N) is 1. The number of hydrogen-bond donors (Lipinski definition) is 2. The summed E-state index contributed by atoms with van der Waals surface area (Å²) in [5.41, 5.74) is 7.58. The number of nitrogen functional groups attached to an aromatic ring is 1. The molecule has 0 unspecified atom stereocenters. The van der Waals surface area contributed by atoms with Crippen LogP contribution in [0.4, 0.5) is 10.7 Å². The lowest BCUT2D eigenvalue weighted by molar-refractivity contribution is 0.0944. The van der Waals surface area contributed by atoms with Gasteiger partial charge in [-0.25, -0.2) is 0 Å². The molecule has 2 rings (SSSR count). The molecule has 0 aromatic carbocycles. The Morgan fingerprint density at radius 3 is 2.74 bits per heavy atom. The maximum atomic E-state index is 11.9. The van der Waals surface area contributed by atoms with Gasteiger partial charge in [-0.1, -0.05) is 13.8 Å². The van der Waals surface area contributed by atoms with Gasteiger partial charge in [0.05, 0.1) is 15.6 Å². The molecule has 0 aliphatic heterocycles. The number of ketones is 1. The van der Waals surface area contributed by atoms with Crippen molar-refractivity contribution in [3.8, 4) is 0 Å². The summed E-state index contributed by atoms with van der Waals surface area (Å²) in [6.07, 6.45) is 3.51. The van der Waals surface area contributed by atoms with Crippen molar-refractivity contribution in [2.75, 3.05) is 11.1 Å². The first-order valence-corrected chi connectivity index (χ1v) is 6.96. The molecule has 2 aromatic heterocycles. The molecule has 3 N–H and O–H groups in total. The minimum atomic E-state index is -0.0333. The highest BCUT2D eigenvalue weighted by Gasteiger charge is 2.17. The SMILES string of the molecule is CC(C)C(=O)c1sc(NCc2ccncc2)cc1N. The molecule has 2 aromatic rings. The molecule has 4 nitrogen and oxygen atoms in total. The average Bonchev–Trinajstić information content (AvgIpc) is 2.78. The van der Waals surface area contributed by atoms with E-state index in [9.17, 15) is 4.79 Å². The van der Waals surface area contributed by atoms with E-state index in [-0.39, 0.29) is 11.7 Å². The molecule has 19 heavy (non-hydrogen) atoms. The van der Waals surface area contributed by atoms with E-state index in [1.165, 1.54) is 11.3 Å². The lowest BCUT2D eigenvalue weighted by atomic mass is 10.1. The Kier molecular flexibility index (Phi) is 4.16. The van der Waals surface area contributed by atoms with Gasteiger partial charge < -0.3 is 11.1 Å². The number of rotatable bonds is 5. The van der Waals surface area contributed by atoms with Crippen LogP contribution in [0, 0.1) is 5.92 Å². The average molecular weight is 275 g/mol. The van der Waals surface area contributed by atoms with Crippen molar-refractivity contribution in [1.29, 1.82) is 0 Å². The molecule has 0 radical (unpaired) electrons. The summed E-state index contributed by atoms with van der Waals surface area (Å²) in [5.74, 6) is 0.0634. The van der Waals surface area contributed by atoms with Gasteiger partial charge in [0.15, 0.2) is 5.78 Å². The van der Waals surface area contributed by atoms with Crippen LogP contribution in [0.25, 0.3) is 0 Å². The molecule has 0 amide bonds. The Bertz CT molecular complexity index is 563. The third-order valence-electron chi connectivity index (χ3n) is 2.73. The molecule has 0 aliphatic rings. The van der Waals surface area contributed by atoms with Gasteiger partial charge in [-0.3, -0.25) is 9.78 Å². The van der Waals surface area contributed by atoms with Crippen LogP contribution >= 0.6 is 11.3 Å². The Morgan fingerprint density at radius 1 is 1.42 bits per heavy atom. The topological polar surface area (TPSA) is 68.0 Å². The number of nitrogens with two attached hydrogens (primary N) is 1. The van der Waals surface area contributed by atoms with Gasteiger partial charge in [-0.2, -0.15) is 0 Å². The molecular weight excluding hydrogens is 258 g/mol. The molecule has 2 heterocycles. The maximum absolute atomic E-state index is 11.9. The molecule has 0 saturated carbocycles. The van der Waals surface area contributed by atoms with E-state index in [1.54, 1.807) is 12.4 Å². The zero-order chi connectivity index (χ0) is 13.8. The number of pyridine rings is 1. The number of aromatic nitrogens is 1. The zero-order valence-corrected chi connectivity index (χ0v) is 11.8. The van der Waals surface area contributed by atoms with Crippen molar-refractivity contribution in [3.05, 3.63) is 41.0 Å². The molecular formula is C14H17N3OS. The summed E-state index contributed by atoms with van der Waals surface area (Å²) in [7, 11) is 0. The molecule has 100 valence electrons. The standard InChI is InChI=1S/C14H17N3OS/c1-9(2)13(18)14-11(15)7-12(19-14)17-8-10-3-5-16-6-4-10/h3-7,9,17H,8,15H2,1-2H3. The van der Waals surface area contributed by atoms with Crippen LogP contribution in [-0.2, 0) is 6.54 Å². The molecule has 0 aliphatic carbocycles. The number of thiophene rings is 1. The maximum Gasteiger partial charge on any atom is 0.177 e. The molecule has 0 atom stereocenters. The predicted molar refractivity (Wildman–Crippen MR) is 79.5 cm³/mol. The van der Waals surface area contributed by atoms with Crippen LogP contribution in [0.5, 0.6) is 0 Å². The molecule has 5 heteroatoms. The van der Waals surface area contributed by atoms with E-state index in [2.05, 4.69) is 10.3 Å². The predicted octanol–water partition coefficient (Wildman–Crippen LogP) is 3.18. The second kappa shape index (κ2) is 5.84. The van der Waals surface area contributed by atoms with E-state index in [0.717, 1.165) is 10.6 Å². The van der Waals surface area contributed by atoms with E-state index < -0.39 is 0 Å². The van der Waals surface area contributed by atoms with Gasteiger partial charge in [0.1, 0.15) is 0 Å². The summed E-state index contributed by atoms with van der Waals surface area (Å²) < 4.78 is 0. The highest BCUT2D eigenvalue weighted by Crippen LogP contribution is 2.31. The number of nitrogens with one attached hydrogen (secondary N) is 1. The summed E-state index contributed by atoms with van der Waals surface area (Å²) >= 11 is 1.41. The number of carbonyl (C=O) groups excluding carboxylic acids is 1. The van der Waals surface area contributed by atoms with Crippen LogP contribution in [0.2, 0.25) is 0 Å². The van der Waals surface area contributed by atoms with Gasteiger partial charge in [-0.05, 0) is 23.8 Å². The second-order valence-corrected chi connectivity index (χ2v) is 5.68. The highest BCUT2D eigenvalue weighted by molar-refractivity contribution is 7.18.